The van der Waals surface area contributed by atoms with Crippen molar-refractivity contribution in [2.24, 2.45) is 0 Å². The second kappa shape index (κ2) is 6.22. The van der Waals surface area contributed by atoms with E-state index in [2.05, 4.69) is 22.9 Å². The summed E-state index contributed by atoms with van der Waals surface area (Å²) in [5.74, 6) is -0.101. The summed E-state index contributed by atoms with van der Waals surface area (Å²) < 4.78 is 4.18. The van der Waals surface area contributed by atoms with Gasteiger partial charge >= 0.3 is 5.97 Å². The zero-order valence-electron chi connectivity index (χ0n) is 9.22. The molecule has 0 spiro atoms. The smallest absolute Gasteiger partial charge is 0.323 e. The summed E-state index contributed by atoms with van der Waals surface area (Å²) >= 11 is 1.23. The van der Waals surface area contributed by atoms with Gasteiger partial charge < -0.3 is 10.0 Å². The molecule has 0 aliphatic heterocycles. The predicted molar refractivity (Wildman–Crippen MR) is 63.9 cm³/mol. The average molecular weight is 241 g/mol. The van der Waals surface area contributed by atoms with Gasteiger partial charge in [0.25, 0.3) is 0 Å². The molecule has 0 atom stereocenters. The molecule has 0 saturated carbocycles. The summed E-state index contributed by atoms with van der Waals surface area (Å²) in [7, 11) is 0. The first-order valence-electron chi connectivity index (χ1n) is 5.07. The highest BCUT2D eigenvalue weighted by molar-refractivity contribution is 7.09. The molecule has 0 unspecified atom stereocenters. The van der Waals surface area contributed by atoms with Crippen LogP contribution in [0, 0.1) is 0 Å². The normalized spacial score (nSPS) is 10.1. The van der Waals surface area contributed by atoms with Gasteiger partial charge in [0, 0.05) is 24.5 Å². The molecule has 0 saturated heterocycles. The number of aromatic nitrogens is 2. The number of hydrogen-bond donors (Lipinski definition) is 1. The lowest BCUT2D eigenvalue weighted by Crippen LogP contribution is -2.29. The van der Waals surface area contributed by atoms with Gasteiger partial charge in [-0.3, -0.25) is 4.79 Å². The maximum absolute atomic E-state index is 10.7. The summed E-state index contributed by atoms with van der Waals surface area (Å²) in [5.41, 5.74) is 0. The Kier molecular flexibility index (Phi) is 4.91. The molecule has 0 aliphatic carbocycles. The van der Waals surface area contributed by atoms with E-state index in [0.717, 1.165) is 18.7 Å². The van der Waals surface area contributed by atoms with E-state index in [1.807, 2.05) is 0 Å². The molecule has 0 bridgehead atoms. The monoisotopic (exact) mass is 241 g/mol. The van der Waals surface area contributed by atoms with E-state index in [1.165, 1.54) is 11.5 Å². The molecule has 1 aromatic heterocycles. The van der Waals surface area contributed by atoms with Crippen LogP contribution in [-0.4, -0.2) is 33.5 Å². The summed E-state index contributed by atoms with van der Waals surface area (Å²) in [6.45, 7) is 6.04. The van der Waals surface area contributed by atoms with Gasteiger partial charge in [-0.1, -0.05) is 13.0 Å². The molecule has 0 aromatic carbocycles. The van der Waals surface area contributed by atoms with E-state index in [1.54, 1.807) is 11.0 Å². The molecule has 0 radical (unpaired) electrons. The molecule has 88 valence electrons. The van der Waals surface area contributed by atoms with E-state index in [9.17, 15) is 4.79 Å². The van der Waals surface area contributed by atoms with Crippen LogP contribution in [-0.2, 0) is 11.2 Å². The summed E-state index contributed by atoms with van der Waals surface area (Å²) in [4.78, 5) is 16.6. The van der Waals surface area contributed by atoms with Crippen molar-refractivity contribution in [3.8, 4) is 0 Å². The summed E-state index contributed by atoms with van der Waals surface area (Å²) in [6.07, 6.45) is 3.46. The van der Waals surface area contributed by atoms with Gasteiger partial charge in [-0.2, -0.15) is 4.37 Å². The Balaban J connectivity index is 2.74. The lowest BCUT2D eigenvalue weighted by atomic mass is 10.3. The zero-order chi connectivity index (χ0) is 12.0. The lowest BCUT2D eigenvalue weighted by Gasteiger charge is -2.16. The highest BCUT2D eigenvalue weighted by atomic mass is 32.1. The van der Waals surface area contributed by atoms with Crippen molar-refractivity contribution >= 4 is 22.6 Å². The first-order valence-corrected chi connectivity index (χ1v) is 5.85. The van der Waals surface area contributed by atoms with E-state index >= 15 is 0 Å². The van der Waals surface area contributed by atoms with Crippen LogP contribution in [0.15, 0.2) is 12.7 Å². The Bertz CT molecular complexity index is 365. The Morgan fingerprint density at radius 3 is 3.00 bits per heavy atom. The van der Waals surface area contributed by atoms with Crippen molar-refractivity contribution in [1.29, 1.82) is 0 Å². The highest BCUT2D eigenvalue weighted by Gasteiger charge is 2.13. The van der Waals surface area contributed by atoms with Gasteiger partial charge in [-0.15, -0.1) is 6.58 Å². The molecule has 5 nitrogen and oxygen atoms in total. The molecule has 0 aliphatic rings. The fourth-order valence-electron chi connectivity index (χ4n) is 1.23. The Hall–Kier alpha value is -1.43. The third kappa shape index (κ3) is 3.62. The van der Waals surface area contributed by atoms with Crippen molar-refractivity contribution < 1.29 is 9.90 Å². The van der Waals surface area contributed by atoms with Crippen molar-refractivity contribution in [2.75, 3.05) is 18.0 Å². The van der Waals surface area contributed by atoms with Crippen LogP contribution in [0.3, 0.4) is 0 Å². The van der Waals surface area contributed by atoms with Crippen LogP contribution in [0.2, 0.25) is 0 Å². The highest BCUT2D eigenvalue weighted by Crippen LogP contribution is 2.17. The number of hydrogen-bond acceptors (Lipinski definition) is 5. The second-order valence-corrected chi connectivity index (χ2v) is 4.04. The zero-order valence-corrected chi connectivity index (χ0v) is 10.0. The average Bonchev–Trinajstić information content (AvgIpc) is 2.66. The number of aryl methyl sites for hydroxylation is 1. The summed E-state index contributed by atoms with van der Waals surface area (Å²) in [6, 6.07) is 0. The fourth-order valence-corrected chi connectivity index (χ4v) is 1.95. The second-order valence-electron chi connectivity index (χ2n) is 3.31. The number of aliphatic carboxylic acids is 1. The minimum Gasteiger partial charge on any atom is -0.480 e. The predicted octanol–water partition coefficient (Wildman–Crippen LogP) is 1.57. The van der Waals surface area contributed by atoms with Gasteiger partial charge in [-0.25, -0.2) is 4.98 Å². The number of carboxylic acids is 1. The Morgan fingerprint density at radius 2 is 2.44 bits per heavy atom. The van der Waals surface area contributed by atoms with Crippen LogP contribution < -0.4 is 4.90 Å². The molecule has 0 fully saturated rings. The van der Waals surface area contributed by atoms with Crippen molar-refractivity contribution in [1.82, 2.24) is 9.36 Å². The molecule has 1 rings (SSSR count). The largest absolute Gasteiger partial charge is 0.480 e. The van der Waals surface area contributed by atoms with E-state index in [-0.39, 0.29) is 6.54 Å². The molecule has 1 aromatic rings. The van der Waals surface area contributed by atoms with Crippen LogP contribution in [0.25, 0.3) is 0 Å². The van der Waals surface area contributed by atoms with Gasteiger partial charge in [0.1, 0.15) is 12.4 Å². The molecule has 0 amide bonds. The fraction of sp³-hybridized carbons (Fsp3) is 0.500. The van der Waals surface area contributed by atoms with Gasteiger partial charge in [-0.05, 0) is 6.42 Å². The number of rotatable bonds is 7. The molecule has 16 heavy (non-hydrogen) atoms. The first kappa shape index (κ1) is 12.6. The molecule has 6 heteroatoms. The minimum atomic E-state index is -0.880. The number of nitrogens with zero attached hydrogens (tertiary/aromatic N) is 3. The molecular formula is C10H15N3O2S. The van der Waals surface area contributed by atoms with Crippen LogP contribution in [0.4, 0.5) is 5.13 Å². The van der Waals surface area contributed by atoms with Gasteiger partial charge in [0.2, 0.25) is 5.13 Å². The van der Waals surface area contributed by atoms with Crippen LogP contribution in [0.1, 0.15) is 19.2 Å². The van der Waals surface area contributed by atoms with E-state index in [0.29, 0.717) is 11.7 Å². The molecule has 1 N–H and O–H groups in total. The summed E-state index contributed by atoms with van der Waals surface area (Å²) in [5, 5.41) is 9.41. The number of carboxylic acid groups (broad SMARTS) is 1. The van der Waals surface area contributed by atoms with Gasteiger partial charge in [0.05, 0.1) is 0 Å². The third-order valence-corrected chi connectivity index (χ3v) is 2.69. The Morgan fingerprint density at radius 1 is 1.69 bits per heavy atom. The topological polar surface area (TPSA) is 66.3 Å². The Labute approximate surface area is 98.6 Å². The van der Waals surface area contributed by atoms with Crippen molar-refractivity contribution in [3.05, 3.63) is 18.5 Å². The first-order chi connectivity index (χ1) is 7.67. The van der Waals surface area contributed by atoms with E-state index in [4.69, 9.17) is 5.11 Å². The van der Waals surface area contributed by atoms with Crippen LogP contribution in [0.5, 0.6) is 0 Å². The van der Waals surface area contributed by atoms with Crippen molar-refractivity contribution in [3.63, 3.8) is 0 Å². The SMILES string of the molecule is C=CCN(CC(=O)O)c1nc(CCC)ns1. The van der Waals surface area contributed by atoms with E-state index < -0.39 is 5.97 Å². The third-order valence-electron chi connectivity index (χ3n) is 1.88. The van der Waals surface area contributed by atoms with Crippen LogP contribution >= 0.6 is 11.5 Å². The number of carbonyl (C=O) groups is 1. The quantitative estimate of drug-likeness (QED) is 0.734. The van der Waals surface area contributed by atoms with Crippen molar-refractivity contribution in [2.45, 2.75) is 19.8 Å². The standard InChI is InChI=1S/C10H15N3O2S/c1-3-5-8-11-10(16-12-8)13(6-4-2)7-9(14)15/h4H,2-3,5-7H2,1H3,(H,14,15). The molecular weight excluding hydrogens is 226 g/mol. The maximum atomic E-state index is 10.7. The van der Waals surface area contributed by atoms with Gasteiger partial charge in [0.15, 0.2) is 0 Å². The number of anilines is 1. The lowest BCUT2D eigenvalue weighted by molar-refractivity contribution is -0.135. The molecule has 1 heterocycles. The minimum absolute atomic E-state index is 0.0766. The maximum Gasteiger partial charge on any atom is 0.323 e.